The van der Waals surface area contributed by atoms with Crippen LogP contribution in [-0.4, -0.2) is 67.9 Å². The monoisotopic (exact) mass is 731 g/mol. The van der Waals surface area contributed by atoms with Gasteiger partial charge in [0.1, 0.15) is 11.4 Å². The lowest BCUT2D eigenvalue weighted by atomic mass is 9.68. The molecule has 1 spiro atoms. The lowest BCUT2D eigenvalue weighted by Crippen LogP contribution is -2.49. The maximum atomic E-state index is 13.6. The summed E-state index contributed by atoms with van der Waals surface area (Å²) in [7, 11) is -0.0619. The van der Waals surface area contributed by atoms with Gasteiger partial charge in [-0.3, -0.25) is 14.3 Å². The zero-order valence-corrected chi connectivity index (χ0v) is 31.0. The first-order valence-electron chi connectivity index (χ1n) is 17.5. The van der Waals surface area contributed by atoms with Gasteiger partial charge in [0, 0.05) is 36.2 Å². The van der Waals surface area contributed by atoms with Crippen LogP contribution in [0.4, 0.5) is 5.69 Å². The first kappa shape index (κ1) is 36.9. The van der Waals surface area contributed by atoms with Crippen LogP contribution in [0, 0.1) is 11.8 Å². The second-order valence-corrected chi connectivity index (χ2v) is 15.9. The summed E-state index contributed by atoms with van der Waals surface area (Å²) in [4.78, 5) is 31.3. The minimum atomic E-state index is -1.78. The average Bonchev–Trinajstić information content (AvgIpc) is 3.27. The summed E-state index contributed by atoms with van der Waals surface area (Å²) in [5, 5.41) is 0.735. The van der Waals surface area contributed by atoms with Crippen LogP contribution in [0.15, 0.2) is 88.8 Å². The number of carbonyl (C=O) groups excluding carboxylic acids is 2. The Kier molecular flexibility index (Phi) is 11.5. The van der Waals surface area contributed by atoms with E-state index >= 15 is 0 Å². The summed E-state index contributed by atoms with van der Waals surface area (Å²) in [6.07, 6.45) is 8.81. The Morgan fingerprint density at radius 2 is 1.98 bits per heavy atom. The third-order valence-corrected chi connectivity index (χ3v) is 11.9. The Morgan fingerprint density at radius 1 is 1.18 bits per heavy atom. The third-order valence-electron chi connectivity index (χ3n) is 10.6. The van der Waals surface area contributed by atoms with E-state index in [-0.39, 0.29) is 24.0 Å². The molecule has 0 saturated heterocycles. The number of rotatable bonds is 12. The third kappa shape index (κ3) is 8.14. The number of hydrogen-bond acceptors (Lipinski definition) is 7. The molecule has 3 aliphatic rings. The molecule has 1 N–H and O–H groups in total. The highest BCUT2D eigenvalue weighted by molar-refractivity contribution is 7.83. The highest BCUT2D eigenvalue weighted by Gasteiger charge is 2.44. The summed E-state index contributed by atoms with van der Waals surface area (Å²) >= 11 is 6.46. The van der Waals surface area contributed by atoms with Crippen molar-refractivity contribution in [2.24, 2.45) is 16.8 Å². The van der Waals surface area contributed by atoms with Crippen LogP contribution >= 0.6 is 11.6 Å². The Labute approximate surface area is 308 Å². The Morgan fingerprint density at radius 3 is 2.71 bits per heavy atom. The van der Waals surface area contributed by atoms with Crippen LogP contribution in [0.1, 0.15) is 61.0 Å². The molecule has 0 radical (unpaired) electrons. The van der Waals surface area contributed by atoms with Crippen molar-refractivity contribution in [3.63, 3.8) is 0 Å². The molecule has 5 atom stereocenters. The van der Waals surface area contributed by atoms with Crippen LogP contribution in [0.3, 0.4) is 0 Å². The minimum Gasteiger partial charge on any atom is -0.490 e. The number of amides is 2. The van der Waals surface area contributed by atoms with E-state index in [9.17, 15) is 13.8 Å². The predicted molar refractivity (Wildman–Crippen MR) is 201 cm³/mol. The van der Waals surface area contributed by atoms with E-state index in [1.54, 1.807) is 51.3 Å². The second-order valence-electron chi connectivity index (χ2n) is 14.2. The molecule has 1 heterocycles. The highest BCUT2D eigenvalue weighted by atomic mass is 35.5. The van der Waals surface area contributed by atoms with Gasteiger partial charge >= 0.3 is 0 Å². The molecule has 3 aromatic carbocycles. The number of halogens is 1. The molecule has 1 unspecified atom stereocenters. The Balaban J connectivity index is 1.26. The van der Waals surface area contributed by atoms with E-state index in [2.05, 4.69) is 33.5 Å². The molecular weight excluding hydrogens is 686 g/mol. The molecule has 11 heteroatoms. The van der Waals surface area contributed by atoms with Crippen molar-refractivity contribution in [3.05, 3.63) is 101 Å². The number of methoxy groups -OCH3 is 1. The molecule has 6 rings (SSSR count). The van der Waals surface area contributed by atoms with Crippen LogP contribution in [0.5, 0.6) is 5.75 Å². The maximum Gasteiger partial charge on any atom is 0.276 e. The van der Waals surface area contributed by atoms with Crippen LogP contribution < -0.4 is 14.4 Å². The SMILES string of the molecule is C=NC(=O)C(C)(C)OC/C=C/[C@H](OC)[C@@H]1CC[C@H]1CN1C[C@@]2(CCCc3cc(Cl)ccc32)COc2ccc(S(=O)NC(=O)c3ccccc3)cc21. The van der Waals surface area contributed by atoms with Crippen molar-refractivity contribution >= 4 is 46.8 Å². The molecule has 1 saturated carbocycles. The quantitative estimate of drug-likeness (QED) is 0.160. The topological polar surface area (TPSA) is 107 Å². The number of anilines is 1. The number of benzene rings is 3. The van der Waals surface area contributed by atoms with Gasteiger partial charge in [-0.25, -0.2) is 9.20 Å². The van der Waals surface area contributed by atoms with E-state index in [0.717, 1.165) is 55.1 Å². The van der Waals surface area contributed by atoms with Gasteiger partial charge in [0.25, 0.3) is 11.8 Å². The van der Waals surface area contributed by atoms with E-state index < -0.39 is 28.4 Å². The van der Waals surface area contributed by atoms with Crippen LogP contribution in [0.2, 0.25) is 5.02 Å². The number of ether oxygens (including phenoxy) is 3. The summed E-state index contributed by atoms with van der Waals surface area (Å²) in [5.74, 6) is 0.491. The lowest BCUT2D eigenvalue weighted by molar-refractivity contribution is -0.137. The van der Waals surface area contributed by atoms with Crippen molar-refractivity contribution in [3.8, 4) is 5.75 Å². The zero-order valence-electron chi connectivity index (χ0n) is 29.4. The van der Waals surface area contributed by atoms with Gasteiger partial charge in [0.15, 0.2) is 11.0 Å². The van der Waals surface area contributed by atoms with Gasteiger partial charge in [-0.15, -0.1) is 0 Å². The van der Waals surface area contributed by atoms with Crippen LogP contribution in [0.25, 0.3) is 0 Å². The average molecular weight is 732 g/mol. The standard InChI is InChI=1S/C40H46ClN3O6S/c1-39(2,38(46)42-3)50-21-9-13-35(48-4)32-17-14-29(32)24-44-25-40(20-8-12-28-22-30(41)15-18-33(28)40)26-49-36-19-16-31(23-34(36)44)51(47)43-37(45)27-10-6-5-7-11-27/h5-7,9-11,13,15-16,18-19,22-23,29,32,35H,3,8,12,14,17,20-21,24-26H2,1-2,4H3,(H,43,45)/b13-9+/t29-,32+,35-,40-,51?/m0/s1. The number of fused-ring (bicyclic) bond motifs is 3. The largest absolute Gasteiger partial charge is 0.490 e. The molecule has 1 aliphatic heterocycles. The number of aryl methyl sites for hydroxylation is 1. The fourth-order valence-electron chi connectivity index (χ4n) is 7.63. The molecule has 0 aromatic heterocycles. The number of nitrogens with one attached hydrogen (secondary N) is 1. The van der Waals surface area contributed by atoms with E-state index in [1.807, 2.05) is 36.4 Å². The molecule has 2 aliphatic carbocycles. The molecule has 2 amide bonds. The van der Waals surface area contributed by atoms with Crippen LogP contribution in [-0.2, 0) is 37.1 Å². The fourth-order valence-corrected chi connectivity index (χ4v) is 8.64. The molecule has 3 aromatic rings. The molecular formula is C40H46ClN3O6S. The number of hydrogen-bond donors (Lipinski definition) is 1. The molecule has 1 fully saturated rings. The summed E-state index contributed by atoms with van der Waals surface area (Å²) in [6, 6.07) is 20.5. The summed E-state index contributed by atoms with van der Waals surface area (Å²) in [5.41, 5.74) is 2.51. The normalized spacial score (nSPS) is 22.5. The van der Waals surface area contributed by atoms with E-state index in [0.29, 0.717) is 29.5 Å². The fraction of sp³-hybridized carbons (Fsp3) is 0.425. The van der Waals surface area contributed by atoms with Crippen molar-refractivity contribution in [2.45, 2.75) is 68.0 Å². The lowest BCUT2D eigenvalue weighted by Gasteiger charge is -2.46. The summed E-state index contributed by atoms with van der Waals surface area (Å²) < 4.78 is 34.6. The summed E-state index contributed by atoms with van der Waals surface area (Å²) in [6.45, 7) is 8.90. The van der Waals surface area contributed by atoms with Gasteiger partial charge < -0.3 is 19.1 Å². The van der Waals surface area contributed by atoms with Gasteiger partial charge in [-0.05, 0) is 118 Å². The molecule has 0 bridgehead atoms. The van der Waals surface area contributed by atoms with E-state index in [4.69, 9.17) is 25.8 Å². The van der Waals surface area contributed by atoms with Crippen molar-refractivity contribution in [1.82, 2.24) is 4.72 Å². The first-order valence-corrected chi connectivity index (χ1v) is 19.0. The smallest absolute Gasteiger partial charge is 0.276 e. The van der Waals surface area contributed by atoms with Gasteiger partial charge in [0.05, 0.1) is 29.9 Å². The van der Waals surface area contributed by atoms with Crippen molar-refractivity contribution in [2.75, 3.05) is 38.3 Å². The van der Waals surface area contributed by atoms with Gasteiger partial charge in [-0.2, -0.15) is 0 Å². The van der Waals surface area contributed by atoms with E-state index in [1.165, 1.54) is 11.1 Å². The molecule has 270 valence electrons. The number of aliphatic imine (C=N–C) groups is 1. The minimum absolute atomic E-state index is 0.134. The second kappa shape index (κ2) is 15.8. The van der Waals surface area contributed by atoms with Gasteiger partial charge in [0.2, 0.25) is 0 Å². The van der Waals surface area contributed by atoms with Crippen molar-refractivity contribution in [1.29, 1.82) is 0 Å². The Bertz CT molecular complexity index is 1820. The maximum absolute atomic E-state index is 13.6. The zero-order chi connectivity index (χ0) is 36.2. The molecule has 51 heavy (non-hydrogen) atoms. The van der Waals surface area contributed by atoms with Gasteiger partial charge in [-0.1, -0.05) is 48.0 Å². The predicted octanol–water partition coefficient (Wildman–Crippen LogP) is 6.89. The first-order chi connectivity index (χ1) is 24.5. The Hall–Kier alpha value is -3.83. The number of carbonyl (C=O) groups is 2. The number of nitrogens with zero attached hydrogens (tertiary/aromatic N) is 2. The molecule has 9 nitrogen and oxygen atoms in total. The van der Waals surface area contributed by atoms with Crippen molar-refractivity contribution < 1.29 is 28.0 Å². The highest BCUT2D eigenvalue weighted by Crippen LogP contribution is 2.47.